The average Bonchev–Trinajstić information content (AvgIpc) is 3.72. The zero-order valence-electron chi connectivity index (χ0n) is 33.6. The lowest BCUT2D eigenvalue weighted by atomic mass is 9.80. The molecular weight excluding hydrogens is 743 g/mol. The molecule has 0 spiro atoms. The molecule has 0 N–H and O–H groups in total. The van der Waals surface area contributed by atoms with Gasteiger partial charge in [-0.25, -0.2) is 0 Å². The highest BCUT2D eigenvalue weighted by molar-refractivity contribution is 7.25. The molecule has 0 atom stereocenters. The predicted molar refractivity (Wildman–Crippen MR) is 259 cm³/mol. The van der Waals surface area contributed by atoms with E-state index in [-0.39, 0.29) is 0 Å². The van der Waals surface area contributed by atoms with Gasteiger partial charge in [-0.2, -0.15) is 0 Å². The van der Waals surface area contributed by atoms with Crippen LogP contribution in [0.4, 0.5) is 17.1 Å². The molecule has 288 valence electrons. The molecular formula is C58H45NS. The normalized spacial score (nSPS) is 13.3. The number of hydrogen-bond acceptors (Lipinski definition) is 2. The van der Waals surface area contributed by atoms with Gasteiger partial charge in [-0.05, 0) is 111 Å². The highest BCUT2D eigenvalue weighted by Crippen LogP contribution is 2.49. The lowest BCUT2D eigenvalue weighted by Crippen LogP contribution is -2.13. The zero-order chi connectivity index (χ0) is 39.8. The summed E-state index contributed by atoms with van der Waals surface area (Å²) in [5.41, 5.74) is 14.7. The molecule has 1 heterocycles. The molecule has 60 heavy (non-hydrogen) atoms. The Morgan fingerprint density at radius 3 is 1.80 bits per heavy atom. The quantitative estimate of drug-likeness (QED) is 0.148. The highest BCUT2D eigenvalue weighted by Gasteiger charge is 2.24. The molecule has 1 fully saturated rings. The summed E-state index contributed by atoms with van der Waals surface area (Å²) in [7, 11) is 0. The van der Waals surface area contributed by atoms with E-state index in [0.717, 1.165) is 17.1 Å². The first kappa shape index (κ1) is 36.3. The maximum absolute atomic E-state index is 2.51. The molecule has 10 aromatic rings. The Morgan fingerprint density at radius 1 is 0.383 bits per heavy atom. The van der Waals surface area contributed by atoms with Crippen LogP contribution in [0.3, 0.4) is 0 Å². The zero-order valence-corrected chi connectivity index (χ0v) is 34.4. The van der Waals surface area contributed by atoms with E-state index in [9.17, 15) is 0 Å². The van der Waals surface area contributed by atoms with Gasteiger partial charge in [-0.15, -0.1) is 11.3 Å². The Bertz CT molecular complexity index is 3110. The monoisotopic (exact) mass is 787 g/mol. The maximum atomic E-state index is 2.51. The van der Waals surface area contributed by atoms with Crippen LogP contribution in [0, 0.1) is 0 Å². The minimum atomic E-state index is 0.583. The van der Waals surface area contributed by atoms with Gasteiger partial charge < -0.3 is 4.90 Å². The maximum Gasteiger partial charge on any atom is 0.0540 e. The van der Waals surface area contributed by atoms with Gasteiger partial charge in [0.15, 0.2) is 0 Å². The first-order chi connectivity index (χ1) is 29.8. The van der Waals surface area contributed by atoms with Gasteiger partial charge in [0.1, 0.15) is 0 Å². The Morgan fingerprint density at radius 2 is 0.983 bits per heavy atom. The number of para-hydroxylation sites is 1. The Labute approximate surface area is 356 Å². The Balaban J connectivity index is 1.14. The van der Waals surface area contributed by atoms with E-state index in [1.807, 2.05) is 11.3 Å². The first-order valence-electron chi connectivity index (χ1n) is 21.5. The van der Waals surface area contributed by atoms with Crippen LogP contribution >= 0.6 is 11.3 Å². The Kier molecular flexibility index (Phi) is 9.56. The second kappa shape index (κ2) is 15.8. The van der Waals surface area contributed by atoms with E-state index >= 15 is 0 Å². The molecule has 1 aliphatic carbocycles. The summed E-state index contributed by atoms with van der Waals surface area (Å²) in [6, 6.07) is 76.5. The smallest absolute Gasteiger partial charge is 0.0540 e. The standard InChI is InChI=1S/C58H45NS/c1-4-17-40(18-5-1)45-35-38-54(52(39-45)42-21-8-3-9-22-42)59(46-36-33-43(34-37-46)48-28-16-32-56-58(48)51-26-11-13-31-55(51)60-56)53-30-12-10-25-49(53)50-29-15-24-44-23-14-27-47(57(44)50)41-19-6-2-7-20-41/h1,3-5,8-18,21-39,41H,2,6-7,19-20H2. The fourth-order valence-electron chi connectivity index (χ4n) is 9.85. The summed E-state index contributed by atoms with van der Waals surface area (Å²) in [5, 5.41) is 5.36. The molecule has 0 amide bonds. The number of hydrogen-bond donors (Lipinski definition) is 0. The number of fused-ring (bicyclic) bond motifs is 4. The van der Waals surface area contributed by atoms with Gasteiger partial charge in [-0.3, -0.25) is 0 Å². The van der Waals surface area contributed by atoms with E-state index in [1.54, 1.807) is 0 Å². The number of benzene rings is 9. The third kappa shape index (κ3) is 6.58. The third-order valence-corrected chi connectivity index (χ3v) is 13.8. The topological polar surface area (TPSA) is 3.24 Å². The predicted octanol–water partition coefficient (Wildman–Crippen LogP) is 17.4. The average molecular weight is 788 g/mol. The summed E-state index contributed by atoms with van der Waals surface area (Å²) in [6.07, 6.45) is 6.48. The van der Waals surface area contributed by atoms with Crippen LogP contribution in [0.2, 0.25) is 0 Å². The van der Waals surface area contributed by atoms with E-state index < -0.39 is 0 Å². The largest absolute Gasteiger partial charge is 0.309 e. The van der Waals surface area contributed by atoms with Crippen LogP contribution in [-0.4, -0.2) is 0 Å². The van der Waals surface area contributed by atoms with Crippen LogP contribution in [0.25, 0.3) is 75.5 Å². The van der Waals surface area contributed by atoms with Crippen LogP contribution in [0.15, 0.2) is 206 Å². The van der Waals surface area contributed by atoms with Crippen LogP contribution < -0.4 is 4.90 Å². The second-order valence-electron chi connectivity index (χ2n) is 16.2. The second-order valence-corrected chi connectivity index (χ2v) is 17.3. The van der Waals surface area contributed by atoms with E-state index in [2.05, 4.69) is 211 Å². The summed E-state index contributed by atoms with van der Waals surface area (Å²) >= 11 is 1.87. The molecule has 1 nitrogen and oxygen atoms in total. The third-order valence-electron chi connectivity index (χ3n) is 12.7. The molecule has 9 aromatic carbocycles. The van der Waals surface area contributed by atoms with Gasteiger partial charge in [0, 0.05) is 37.0 Å². The van der Waals surface area contributed by atoms with Gasteiger partial charge in [0.25, 0.3) is 0 Å². The van der Waals surface area contributed by atoms with Crippen molar-refractivity contribution in [1.82, 2.24) is 0 Å². The molecule has 1 aliphatic rings. The first-order valence-corrected chi connectivity index (χ1v) is 22.3. The molecule has 0 aliphatic heterocycles. The minimum absolute atomic E-state index is 0.583. The lowest BCUT2D eigenvalue weighted by molar-refractivity contribution is 0.445. The molecule has 0 bridgehead atoms. The summed E-state index contributed by atoms with van der Waals surface area (Å²) in [4.78, 5) is 2.51. The number of rotatable bonds is 8. The summed E-state index contributed by atoms with van der Waals surface area (Å²) in [6.45, 7) is 0. The van der Waals surface area contributed by atoms with Gasteiger partial charge in [-0.1, -0.05) is 183 Å². The van der Waals surface area contributed by atoms with E-state index in [4.69, 9.17) is 0 Å². The van der Waals surface area contributed by atoms with Crippen molar-refractivity contribution in [1.29, 1.82) is 0 Å². The SMILES string of the molecule is c1ccc(-c2ccc(N(c3ccc(-c4cccc5sc6ccccc6c45)cc3)c3ccccc3-c3cccc4cccc(C5CCCCC5)c34)c(-c3ccccc3)c2)cc1. The van der Waals surface area contributed by atoms with Crippen molar-refractivity contribution in [2.75, 3.05) is 4.90 Å². The summed E-state index contributed by atoms with van der Waals surface area (Å²) < 4.78 is 2.65. The fraction of sp³-hybridized carbons (Fsp3) is 0.103. The number of nitrogens with zero attached hydrogens (tertiary/aromatic N) is 1. The minimum Gasteiger partial charge on any atom is -0.309 e. The molecule has 0 saturated heterocycles. The van der Waals surface area contributed by atoms with Crippen LogP contribution in [0.1, 0.15) is 43.6 Å². The van der Waals surface area contributed by atoms with E-state index in [1.165, 1.54) is 113 Å². The van der Waals surface area contributed by atoms with Crippen molar-refractivity contribution in [3.8, 4) is 44.5 Å². The summed E-state index contributed by atoms with van der Waals surface area (Å²) in [5.74, 6) is 0.583. The van der Waals surface area contributed by atoms with Crippen molar-refractivity contribution in [2.24, 2.45) is 0 Å². The molecule has 2 heteroatoms. The molecule has 0 unspecified atom stereocenters. The lowest BCUT2D eigenvalue weighted by Gasteiger charge is -2.31. The number of thiophene rings is 1. The van der Waals surface area contributed by atoms with Crippen molar-refractivity contribution < 1.29 is 0 Å². The molecule has 11 rings (SSSR count). The number of anilines is 3. The highest BCUT2D eigenvalue weighted by atomic mass is 32.1. The van der Waals surface area contributed by atoms with Crippen molar-refractivity contribution in [3.05, 3.63) is 212 Å². The van der Waals surface area contributed by atoms with E-state index in [0.29, 0.717) is 5.92 Å². The van der Waals surface area contributed by atoms with Crippen LogP contribution in [0.5, 0.6) is 0 Å². The van der Waals surface area contributed by atoms with Crippen molar-refractivity contribution in [3.63, 3.8) is 0 Å². The van der Waals surface area contributed by atoms with Gasteiger partial charge >= 0.3 is 0 Å². The molecule has 1 aromatic heterocycles. The Hall–Kier alpha value is -6.74. The fourth-order valence-corrected chi connectivity index (χ4v) is 11.0. The van der Waals surface area contributed by atoms with Crippen molar-refractivity contribution in [2.45, 2.75) is 38.0 Å². The van der Waals surface area contributed by atoms with Gasteiger partial charge in [0.2, 0.25) is 0 Å². The van der Waals surface area contributed by atoms with Crippen molar-refractivity contribution >= 4 is 59.3 Å². The molecule has 0 radical (unpaired) electrons. The van der Waals surface area contributed by atoms with Gasteiger partial charge in [0.05, 0.1) is 11.4 Å². The molecule has 1 saturated carbocycles. The van der Waals surface area contributed by atoms with Crippen LogP contribution in [-0.2, 0) is 0 Å².